The van der Waals surface area contributed by atoms with Crippen LogP contribution in [0, 0.1) is 13.8 Å². The zero-order valence-corrected chi connectivity index (χ0v) is 15.8. The fraction of sp³-hybridized carbons (Fsp3) is 0.318. The van der Waals surface area contributed by atoms with E-state index in [0.29, 0.717) is 11.5 Å². The van der Waals surface area contributed by atoms with Crippen LogP contribution >= 0.6 is 0 Å². The third kappa shape index (κ3) is 3.50. The maximum Gasteiger partial charge on any atom is 0.277 e. The third-order valence-electron chi connectivity index (χ3n) is 5.13. The average molecular weight is 360 g/mol. The van der Waals surface area contributed by atoms with E-state index in [-0.39, 0.29) is 5.91 Å². The van der Waals surface area contributed by atoms with Gasteiger partial charge >= 0.3 is 0 Å². The topological polar surface area (TPSA) is 59.8 Å². The molecule has 1 aliphatic rings. The van der Waals surface area contributed by atoms with Crippen LogP contribution in [0.4, 0.5) is 5.82 Å². The van der Waals surface area contributed by atoms with Crippen molar-refractivity contribution in [3.05, 3.63) is 65.1 Å². The number of nitrogens with zero attached hydrogens (tertiary/aromatic N) is 3. The van der Waals surface area contributed by atoms with Crippen LogP contribution < -0.4 is 5.32 Å². The van der Waals surface area contributed by atoms with Gasteiger partial charge in [0.15, 0.2) is 0 Å². The van der Waals surface area contributed by atoms with Crippen molar-refractivity contribution in [3.63, 3.8) is 0 Å². The molecule has 0 fully saturated rings. The predicted octanol–water partition coefficient (Wildman–Crippen LogP) is 4.54. The van der Waals surface area contributed by atoms with Crippen molar-refractivity contribution in [2.45, 2.75) is 46.1 Å². The van der Waals surface area contributed by atoms with Crippen molar-refractivity contribution >= 4 is 11.7 Å². The fourth-order valence-corrected chi connectivity index (χ4v) is 3.61. The van der Waals surface area contributed by atoms with E-state index in [1.807, 2.05) is 19.1 Å². The summed E-state index contributed by atoms with van der Waals surface area (Å²) in [6.45, 7) is 4.92. The van der Waals surface area contributed by atoms with Gasteiger partial charge in [-0.2, -0.15) is 0 Å². The highest BCUT2D eigenvalue weighted by Gasteiger charge is 2.24. The number of aryl methyl sites for hydroxylation is 2. The zero-order valence-electron chi connectivity index (χ0n) is 15.8. The molecule has 4 rings (SSSR count). The van der Waals surface area contributed by atoms with Crippen molar-refractivity contribution in [2.24, 2.45) is 0 Å². The summed E-state index contributed by atoms with van der Waals surface area (Å²) in [4.78, 5) is 22.1. The molecular formula is C22H24N4O. The number of carbonyl (C=O) groups is 1. The van der Waals surface area contributed by atoms with Crippen LogP contribution in [-0.2, 0) is 13.0 Å². The smallest absolute Gasteiger partial charge is 0.277 e. The van der Waals surface area contributed by atoms with E-state index in [9.17, 15) is 4.79 Å². The lowest BCUT2D eigenvalue weighted by Crippen LogP contribution is -2.16. The first-order chi connectivity index (χ1) is 13.1. The molecule has 3 heterocycles. The largest absolute Gasteiger partial charge is 0.327 e. The summed E-state index contributed by atoms with van der Waals surface area (Å²) < 4.78 is 2.23. The summed E-state index contributed by atoms with van der Waals surface area (Å²) in [5.74, 6) is 1.30. The number of rotatable bonds is 3. The van der Waals surface area contributed by atoms with E-state index in [0.717, 1.165) is 48.5 Å². The molecular weight excluding hydrogens is 336 g/mol. The molecule has 1 N–H and O–H groups in total. The summed E-state index contributed by atoms with van der Waals surface area (Å²) in [7, 11) is 0. The molecule has 5 heteroatoms. The molecule has 1 amide bonds. The van der Waals surface area contributed by atoms with E-state index in [1.165, 1.54) is 12.0 Å². The third-order valence-corrected chi connectivity index (χ3v) is 5.13. The molecule has 0 spiro atoms. The molecule has 0 radical (unpaired) electrons. The lowest BCUT2D eigenvalue weighted by molar-refractivity contribution is 0.102. The van der Waals surface area contributed by atoms with Gasteiger partial charge in [0.05, 0.1) is 5.69 Å². The molecule has 0 bridgehead atoms. The number of anilines is 1. The van der Waals surface area contributed by atoms with Gasteiger partial charge < -0.3 is 9.88 Å². The number of nitrogens with one attached hydrogen (secondary N) is 1. The molecule has 0 unspecified atom stereocenters. The molecule has 0 saturated carbocycles. The number of hydrogen-bond acceptors (Lipinski definition) is 3. The Labute approximate surface area is 159 Å². The van der Waals surface area contributed by atoms with E-state index < -0.39 is 0 Å². The lowest BCUT2D eigenvalue weighted by Gasteiger charge is -2.09. The van der Waals surface area contributed by atoms with Crippen molar-refractivity contribution < 1.29 is 4.79 Å². The Hall–Kier alpha value is -2.95. The molecule has 1 aromatic carbocycles. The number of aromatic nitrogens is 3. The van der Waals surface area contributed by atoms with Gasteiger partial charge in [0.2, 0.25) is 0 Å². The van der Waals surface area contributed by atoms with E-state index in [1.54, 1.807) is 6.20 Å². The van der Waals surface area contributed by atoms with Gasteiger partial charge in [0.25, 0.3) is 5.91 Å². The molecule has 0 saturated heterocycles. The fourth-order valence-electron chi connectivity index (χ4n) is 3.61. The minimum Gasteiger partial charge on any atom is -0.327 e. The first-order valence-corrected chi connectivity index (χ1v) is 9.53. The minimum absolute atomic E-state index is 0.180. The number of hydrogen-bond donors (Lipinski definition) is 1. The van der Waals surface area contributed by atoms with E-state index >= 15 is 0 Å². The number of carbonyl (C=O) groups excluding carboxylic acids is 1. The van der Waals surface area contributed by atoms with E-state index in [4.69, 9.17) is 4.98 Å². The van der Waals surface area contributed by atoms with Gasteiger partial charge in [-0.25, -0.2) is 9.97 Å². The van der Waals surface area contributed by atoms with Gasteiger partial charge in [-0.1, -0.05) is 42.3 Å². The van der Waals surface area contributed by atoms with Crippen molar-refractivity contribution in [2.75, 3.05) is 5.32 Å². The second kappa shape index (κ2) is 7.35. The number of amides is 1. The second-order valence-corrected chi connectivity index (χ2v) is 7.18. The van der Waals surface area contributed by atoms with Crippen LogP contribution in [0.15, 0.2) is 42.6 Å². The first-order valence-electron chi connectivity index (χ1n) is 9.53. The zero-order chi connectivity index (χ0) is 18.8. The molecule has 138 valence electrons. The summed E-state index contributed by atoms with van der Waals surface area (Å²) in [5, 5.41) is 2.95. The van der Waals surface area contributed by atoms with Crippen LogP contribution in [-0.4, -0.2) is 20.4 Å². The molecule has 5 nitrogen and oxygen atoms in total. The summed E-state index contributed by atoms with van der Waals surface area (Å²) in [6.07, 6.45) is 5.94. The van der Waals surface area contributed by atoms with Crippen molar-refractivity contribution in [3.8, 4) is 11.4 Å². The monoisotopic (exact) mass is 360 g/mol. The van der Waals surface area contributed by atoms with Crippen LogP contribution in [0.25, 0.3) is 11.4 Å². The maximum atomic E-state index is 13.0. The van der Waals surface area contributed by atoms with Crippen LogP contribution in [0.3, 0.4) is 0 Å². The second-order valence-electron chi connectivity index (χ2n) is 7.18. The standard InChI is InChI=1S/C22H24N4O/c1-15-9-11-17(12-10-15)21-24-19(18-8-4-3-5-14-26(18)21)22(27)25-20-16(2)7-6-13-23-20/h6-7,9-13H,3-5,8,14H2,1-2H3,(H,23,25,27). The molecule has 1 aliphatic heterocycles. The Kier molecular flexibility index (Phi) is 4.75. The predicted molar refractivity (Wildman–Crippen MR) is 107 cm³/mol. The van der Waals surface area contributed by atoms with Gasteiger partial charge in [0.1, 0.15) is 17.3 Å². The molecule has 0 aliphatic carbocycles. The molecule has 0 atom stereocenters. The molecule has 27 heavy (non-hydrogen) atoms. The highest BCUT2D eigenvalue weighted by Crippen LogP contribution is 2.28. The SMILES string of the molecule is Cc1ccc(-c2nc(C(=O)Nc3ncccc3C)c3n2CCCCC3)cc1. The van der Waals surface area contributed by atoms with Crippen molar-refractivity contribution in [1.29, 1.82) is 0 Å². The molecule has 2 aromatic heterocycles. The number of pyridine rings is 1. The van der Waals surface area contributed by atoms with Gasteiger partial charge in [-0.15, -0.1) is 0 Å². The Morgan fingerprint density at radius 3 is 2.67 bits per heavy atom. The Morgan fingerprint density at radius 1 is 1.07 bits per heavy atom. The number of fused-ring (bicyclic) bond motifs is 1. The van der Waals surface area contributed by atoms with Gasteiger partial charge in [0, 0.05) is 18.3 Å². The maximum absolute atomic E-state index is 13.0. The van der Waals surface area contributed by atoms with Crippen LogP contribution in [0.1, 0.15) is 46.6 Å². The normalized spacial score (nSPS) is 13.7. The Morgan fingerprint density at radius 2 is 1.89 bits per heavy atom. The quantitative estimate of drug-likeness (QED) is 0.746. The van der Waals surface area contributed by atoms with Gasteiger partial charge in [-0.3, -0.25) is 4.79 Å². The van der Waals surface area contributed by atoms with Crippen LogP contribution in [0.2, 0.25) is 0 Å². The van der Waals surface area contributed by atoms with Gasteiger partial charge in [-0.05, 0) is 44.7 Å². The highest BCUT2D eigenvalue weighted by atomic mass is 16.2. The summed E-state index contributed by atoms with van der Waals surface area (Å²) in [5.41, 5.74) is 4.77. The lowest BCUT2D eigenvalue weighted by atomic mass is 10.1. The van der Waals surface area contributed by atoms with Crippen LogP contribution in [0.5, 0.6) is 0 Å². The number of benzene rings is 1. The van der Waals surface area contributed by atoms with Crippen molar-refractivity contribution in [1.82, 2.24) is 14.5 Å². The Bertz CT molecular complexity index is 972. The Balaban J connectivity index is 1.75. The minimum atomic E-state index is -0.180. The summed E-state index contributed by atoms with van der Waals surface area (Å²) >= 11 is 0. The average Bonchev–Trinajstić information content (AvgIpc) is 2.86. The molecule has 3 aromatic rings. The van der Waals surface area contributed by atoms with E-state index in [2.05, 4.69) is 46.1 Å². The highest BCUT2D eigenvalue weighted by molar-refractivity contribution is 6.04. The first kappa shape index (κ1) is 17.5. The summed E-state index contributed by atoms with van der Waals surface area (Å²) in [6, 6.07) is 12.1. The number of imidazole rings is 1.